The maximum Gasteiger partial charge on any atom is 0.411 e. The van der Waals surface area contributed by atoms with Gasteiger partial charge in [0.25, 0.3) is 0 Å². The van der Waals surface area contributed by atoms with Crippen LogP contribution in [0.1, 0.15) is 33.6 Å². The first-order chi connectivity index (χ1) is 10.2. The van der Waals surface area contributed by atoms with Crippen molar-refractivity contribution >= 4 is 23.7 Å². The van der Waals surface area contributed by atoms with Gasteiger partial charge in [0.1, 0.15) is 5.60 Å². The van der Waals surface area contributed by atoms with Crippen molar-refractivity contribution in [2.24, 2.45) is 11.8 Å². The number of methoxy groups -OCH3 is 1. The summed E-state index contributed by atoms with van der Waals surface area (Å²) in [5.74, 6) is 0.273. The summed E-state index contributed by atoms with van der Waals surface area (Å²) in [6.07, 6.45) is 0.764. The number of nitrogens with zero attached hydrogens (tertiary/aromatic N) is 1. The van der Waals surface area contributed by atoms with Gasteiger partial charge in [-0.15, -0.1) is 11.6 Å². The summed E-state index contributed by atoms with van der Waals surface area (Å²) in [7, 11) is 1.34. The zero-order chi connectivity index (χ0) is 16.7. The van der Waals surface area contributed by atoms with Gasteiger partial charge in [0, 0.05) is 18.8 Å². The molecule has 2 fully saturated rings. The van der Waals surface area contributed by atoms with E-state index in [1.54, 1.807) is 20.8 Å². The number of alkyl halides is 1. The number of amides is 1. The Balaban J connectivity index is 2.33. The average molecular weight is 330 g/mol. The molecule has 0 bridgehead atoms. The fraction of sp³-hybridized carbons (Fsp3) is 0.750. The number of rotatable bonds is 4. The number of fused-ring (bicyclic) bond motifs is 1. The lowest BCUT2D eigenvalue weighted by molar-refractivity contribution is -0.154. The van der Waals surface area contributed by atoms with Crippen LogP contribution >= 0.6 is 11.6 Å². The van der Waals surface area contributed by atoms with Gasteiger partial charge in [-0.3, -0.25) is 4.90 Å². The maximum absolute atomic E-state index is 12.6. The second kappa shape index (κ2) is 5.76. The highest BCUT2D eigenvalue weighted by molar-refractivity contribution is 6.19. The molecular weight excluding hydrogens is 306 g/mol. The average Bonchev–Trinajstić information content (AvgIpc) is 3.13. The molecule has 1 aliphatic heterocycles. The molecule has 0 unspecified atom stereocenters. The first-order valence-corrected chi connectivity index (χ1v) is 8.01. The van der Waals surface area contributed by atoms with Crippen molar-refractivity contribution in [2.75, 3.05) is 19.5 Å². The minimum atomic E-state index is -1.02. The minimum Gasteiger partial charge on any atom is -0.467 e. The first kappa shape index (κ1) is 17.1. The van der Waals surface area contributed by atoms with Gasteiger partial charge in [0.05, 0.1) is 7.11 Å². The molecule has 2 rings (SSSR count). The molecular formula is C16H24ClNO4. The SMILES string of the molecule is C=C(CCl)C[C@]1(C(=O)OC)[C@H]2C[C@H]2CN1C(=O)OC(C)(C)C. The highest BCUT2D eigenvalue weighted by atomic mass is 35.5. The third-order valence-corrected chi connectivity index (χ3v) is 4.67. The molecule has 3 atom stereocenters. The molecule has 0 N–H and O–H groups in total. The second-order valence-electron chi connectivity index (χ2n) is 7.17. The Morgan fingerprint density at radius 2 is 2.05 bits per heavy atom. The zero-order valence-corrected chi connectivity index (χ0v) is 14.4. The number of carbonyl (C=O) groups excluding carboxylic acids is 2. The molecule has 1 saturated carbocycles. The van der Waals surface area contributed by atoms with Crippen molar-refractivity contribution in [3.05, 3.63) is 12.2 Å². The van der Waals surface area contributed by atoms with Crippen LogP contribution < -0.4 is 0 Å². The van der Waals surface area contributed by atoms with Gasteiger partial charge in [-0.05, 0) is 39.0 Å². The summed E-state index contributed by atoms with van der Waals surface area (Å²) in [6, 6.07) is 0. The molecule has 1 heterocycles. The number of piperidine rings is 1. The number of carbonyl (C=O) groups is 2. The van der Waals surface area contributed by atoms with Crippen LogP contribution in [-0.4, -0.2) is 47.6 Å². The molecule has 0 aromatic rings. The van der Waals surface area contributed by atoms with Crippen LogP contribution in [0.15, 0.2) is 12.2 Å². The summed E-state index contributed by atoms with van der Waals surface area (Å²) in [4.78, 5) is 26.6. The molecule has 0 aromatic heterocycles. The number of hydrogen-bond acceptors (Lipinski definition) is 4. The van der Waals surface area contributed by atoms with Gasteiger partial charge in [0.15, 0.2) is 5.54 Å². The number of likely N-dealkylation sites (tertiary alicyclic amines) is 1. The van der Waals surface area contributed by atoms with Crippen molar-refractivity contribution in [1.82, 2.24) is 4.90 Å². The molecule has 5 nitrogen and oxygen atoms in total. The Morgan fingerprint density at radius 3 is 2.55 bits per heavy atom. The quantitative estimate of drug-likeness (QED) is 0.452. The fourth-order valence-electron chi connectivity index (χ4n) is 3.35. The molecule has 124 valence electrons. The van der Waals surface area contributed by atoms with Gasteiger partial charge in [-0.25, -0.2) is 9.59 Å². The van der Waals surface area contributed by atoms with Gasteiger partial charge in [0.2, 0.25) is 0 Å². The number of ether oxygens (including phenoxy) is 2. The Morgan fingerprint density at radius 1 is 1.41 bits per heavy atom. The summed E-state index contributed by atoms with van der Waals surface area (Å²) in [6.45, 7) is 9.83. The summed E-state index contributed by atoms with van der Waals surface area (Å²) >= 11 is 5.85. The Hall–Kier alpha value is -1.23. The molecule has 22 heavy (non-hydrogen) atoms. The van der Waals surface area contributed by atoms with Crippen LogP contribution in [0.4, 0.5) is 4.79 Å². The third kappa shape index (κ3) is 2.96. The standard InChI is InChI=1S/C16H24ClNO4/c1-10(8-17)7-16(13(19)21-5)12-6-11(12)9-18(16)14(20)22-15(2,3)4/h11-12H,1,6-9H2,2-5H3/t11-,12-,16+/m0/s1. The van der Waals surface area contributed by atoms with E-state index in [1.807, 2.05) is 0 Å². The Kier molecular flexibility index (Phi) is 4.49. The van der Waals surface area contributed by atoms with E-state index in [9.17, 15) is 9.59 Å². The summed E-state index contributed by atoms with van der Waals surface area (Å²) < 4.78 is 10.5. The largest absolute Gasteiger partial charge is 0.467 e. The van der Waals surface area contributed by atoms with E-state index < -0.39 is 23.2 Å². The van der Waals surface area contributed by atoms with Gasteiger partial charge < -0.3 is 9.47 Å². The monoisotopic (exact) mass is 329 g/mol. The van der Waals surface area contributed by atoms with Crippen molar-refractivity contribution < 1.29 is 19.1 Å². The van der Waals surface area contributed by atoms with E-state index in [0.717, 1.165) is 6.42 Å². The van der Waals surface area contributed by atoms with Crippen LogP contribution in [0, 0.1) is 11.8 Å². The normalized spacial score (nSPS) is 29.8. The van der Waals surface area contributed by atoms with Crippen LogP contribution in [0.25, 0.3) is 0 Å². The number of esters is 1. The van der Waals surface area contributed by atoms with E-state index >= 15 is 0 Å². The van der Waals surface area contributed by atoms with Crippen molar-refractivity contribution in [3.8, 4) is 0 Å². The molecule has 2 aliphatic rings. The first-order valence-electron chi connectivity index (χ1n) is 7.47. The van der Waals surface area contributed by atoms with Crippen LogP contribution in [-0.2, 0) is 14.3 Å². The molecule has 1 aliphatic carbocycles. The molecule has 0 spiro atoms. The van der Waals surface area contributed by atoms with E-state index in [2.05, 4.69) is 6.58 Å². The van der Waals surface area contributed by atoms with Crippen LogP contribution in [0.2, 0.25) is 0 Å². The van der Waals surface area contributed by atoms with Gasteiger partial charge in [-0.1, -0.05) is 12.2 Å². The topological polar surface area (TPSA) is 55.8 Å². The van der Waals surface area contributed by atoms with Crippen molar-refractivity contribution in [2.45, 2.75) is 44.8 Å². The van der Waals surface area contributed by atoms with Crippen molar-refractivity contribution in [1.29, 1.82) is 0 Å². The smallest absolute Gasteiger partial charge is 0.411 e. The van der Waals surface area contributed by atoms with E-state index in [0.29, 0.717) is 24.5 Å². The van der Waals surface area contributed by atoms with Crippen LogP contribution in [0.3, 0.4) is 0 Å². The zero-order valence-electron chi connectivity index (χ0n) is 13.6. The predicted octanol–water partition coefficient (Wildman–Crippen LogP) is 2.97. The highest BCUT2D eigenvalue weighted by Crippen LogP contribution is 2.58. The van der Waals surface area contributed by atoms with E-state index in [-0.39, 0.29) is 11.8 Å². The summed E-state index contributed by atoms with van der Waals surface area (Å²) in [5, 5.41) is 0. The maximum atomic E-state index is 12.6. The Bertz CT molecular complexity index is 499. The Labute approximate surface area is 136 Å². The lowest BCUT2D eigenvalue weighted by Crippen LogP contribution is -2.57. The molecule has 0 radical (unpaired) electrons. The number of hydrogen-bond donors (Lipinski definition) is 0. The molecule has 0 aromatic carbocycles. The van der Waals surface area contributed by atoms with Gasteiger partial charge in [-0.2, -0.15) is 0 Å². The van der Waals surface area contributed by atoms with E-state index in [4.69, 9.17) is 21.1 Å². The number of halogens is 1. The lowest BCUT2D eigenvalue weighted by atomic mass is 9.86. The van der Waals surface area contributed by atoms with Gasteiger partial charge >= 0.3 is 12.1 Å². The minimum absolute atomic E-state index is 0.104. The molecule has 1 amide bonds. The predicted molar refractivity (Wildman–Crippen MR) is 83.8 cm³/mol. The second-order valence-corrected chi connectivity index (χ2v) is 7.44. The molecule has 6 heteroatoms. The fourth-order valence-corrected chi connectivity index (χ4v) is 3.45. The lowest BCUT2D eigenvalue weighted by Gasteiger charge is -2.39. The summed E-state index contributed by atoms with van der Waals surface area (Å²) in [5.41, 5.74) is -0.920. The van der Waals surface area contributed by atoms with Crippen LogP contribution in [0.5, 0.6) is 0 Å². The van der Waals surface area contributed by atoms with E-state index in [1.165, 1.54) is 12.0 Å². The molecule has 1 saturated heterocycles. The highest BCUT2D eigenvalue weighted by Gasteiger charge is 2.68. The third-order valence-electron chi connectivity index (χ3n) is 4.30. The van der Waals surface area contributed by atoms with Crippen molar-refractivity contribution in [3.63, 3.8) is 0 Å².